The number of hydrogen-bond acceptors (Lipinski definition) is 8. The zero-order chi connectivity index (χ0) is 28.0. The van der Waals surface area contributed by atoms with E-state index in [1.165, 1.54) is 6.92 Å². The van der Waals surface area contributed by atoms with Crippen LogP contribution in [0, 0.1) is 17.8 Å². The Hall–Kier alpha value is -1.52. The second kappa shape index (κ2) is 13.5. The molecule has 2 aliphatic carbocycles. The molecule has 0 amide bonds. The minimum absolute atomic E-state index is 0.0936. The molecule has 0 saturated heterocycles. The molecule has 0 unspecified atom stereocenters. The number of carbonyl (C=O) groups excluding carboxylic acids is 2. The van der Waals surface area contributed by atoms with E-state index in [-0.39, 0.29) is 43.4 Å². The van der Waals surface area contributed by atoms with Crippen LogP contribution in [0.25, 0.3) is 0 Å². The van der Waals surface area contributed by atoms with Gasteiger partial charge in [0.05, 0.1) is 11.7 Å². The Morgan fingerprint density at radius 3 is 2.41 bits per heavy atom. The summed E-state index contributed by atoms with van der Waals surface area (Å²) in [6, 6.07) is 1.04. The van der Waals surface area contributed by atoms with Gasteiger partial charge in [0.25, 0.3) is 0 Å². The van der Waals surface area contributed by atoms with Gasteiger partial charge in [0, 0.05) is 52.5 Å². The number of carbonyl (C=O) groups is 2. The van der Waals surface area contributed by atoms with E-state index in [1.54, 1.807) is 20.1 Å². The van der Waals surface area contributed by atoms with E-state index in [1.807, 2.05) is 20.8 Å². The molecule has 2 rings (SSSR count). The topological polar surface area (TPSA) is 89.5 Å². The van der Waals surface area contributed by atoms with Gasteiger partial charge in [0.1, 0.15) is 25.8 Å². The zero-order valence-electron chi connectivity index (χ0n) is 24.3. The first-order valence-electron chi connectivity index (χ1n) is 13.3. The maximum absolute atomic E-state index is 12.6. The van der Waals surface area contributed by atoms with Crippen molar-refractivity contribution in [3.05, 3.63) is 23.8 Å². The Morgan fingerprint density at radius 2 is 1.84 bits per heavy atom. The van der Waals surface area contributed by atoms with Crippen LogP contribution in [0.15, 0.2) is 23.8 Å². The highest BCUT2D eigenvalue weighted by Gasteiger charge is 2.58. The van der Waals surface area contributed by atoms with Crippen molar-refractivity contribution < 1.29 is 38.0 Å². The fourth-order valence-electron chi connectivity index (χ4n) is 5.39. The zero-order valence-corrected chi connectivity index (χ0v) is 25.3. The molecule has 0 N–H and O–H groups in total. The molecule has 2 aliphatic rings. The molecule has 0 aromatic heterocycles. The number of rotatable bonds is 12. The summed E-state index contributed by atoms with van der Waals surface area (Å²) in [7, 11) is 0.368. The molecule has 0 aromatic carbocycles. The molecule has 0 aliphatic heterocycles. The lowest BCUT2D eigenvalue weighted by Crippen LogP contribution is -2.43. The molecule has 0 aromatic rings. The third kappa shape index (κ3) is 8.48. The van der Waals surface area contributed by atoms with Crippen LogP contribution in [0.5, 0.6) is 0 Å². The first-order chi connectivity index (χ1) is 17.2. The maximum Gasteiger partial charge on any atom is 0.333 e. The van der Waals surface area contributed by atoms with E-state index < -0.39 is 31.9 Å². The third-order valence-corrected chi connectivity index (χ3v) is 9.51. The fraction of sp³-hybridized carbons (Fsp3) is 0.786. The van der Waals surface area contributed by atoms with Gasteiger partial charge in [-0.25, -0.2) is 4.79 Å². The van der Waals surface area contributed by atoms with Gasteiger partial charge in [-0.3, -0.25) is 4.79 Å². The predicted octanol–water partition coefficient (Wildman–Crippen LogP) is 5.10. The van der Waals surface area contributed by atoms with Crippen molar-refractivity contribution in [2.75, 3.05) is 27.3 Å². The summed E-state index contributed by atoms with van der Waals surface area (Å²) in [4.78, 5) is 24.8. The van der Waals surface area contributed by atoms with Gasteiger partial charge in [0.2, 0.25) is 0 Å². The Kier molecular flexibility index (Phi) is 11.6. The van der Waals surface area contributed by atoms with E-state index in [4.69, 9.17) is 28.4 Å². The summed E-state index contributed by atoms with van der Waals surface area (Å²) >= 11 is 0. The summed E-state index contributed by atoms with van der Waals surface area (Å²) in [5, 5.41) is 0. The highest BCUT2D eigenvalue weighted by atomic mass is 28.3. The van der Waals surface area contributed by atoms with Gasteiger partial charge in [-0.2, -0.15) is 0 Å². The third-order valence-electron chi connectivity index (χ3n) is 7.81. The molecule has 0 heterocycles. The van der Waals surface area contributed by atoms with E-state index in [0.29, 0.717) is 30.6 Å². The number of allylic oxidation sites excluding steroid dienone is 1. The SMILES string of the molecule is C=C1[C@@H](OCOCC[Si](C)(C)C)C[C@](C)(OCOC)[C@H]2C[C@@H](OC(=O)/C(C)=C/C)[C@H](C)[C@H]2[C@@H]1OC(C)=O. The van der Waals surface area contributed by atoms with Gasteiger partial charge in [0.15, 0.2) is 0 Å². The summed E-state index contributed by atoms with van der Waals surface area (Å²) in [5.74, 6) is -1.10. The first kappa shape index (κ1) is 31.7. The maximum atomic E-state index is 12.6. The van der Waals surface area contributed by atoms with Crippen LogP contribution in [0.2, 0.25) is 25.7 Å². The second-order valence-corrected chi connectivity index (χ2v) is 17.5. The number of ether oxygens (including phenoxy) is 6. The lowest BCUT2D eigenvalue weighted by atomic mass is 9.76. The standard InChI is InChI=1S/C28H48O8Si/c1-11-18(2)27(30)36-23-14-22-25(19(23)3)26(35-21(5)29)20(4)24(15-28(22,6)34-16-31-7)33-17-32-12-13-37(8,9)10/h11,19,22-26H,4,12-17H2,1-3,5-10H3/b18-11+/t19-,22-,23+,24-,25+,26+,28-/m0/s1. The normalized spacial score (nSPS) is 32.6. The molecule has 0 radical (unpaired) electrons. The van der Waals surface area contributed by atoms with E-state index in [2.05, 4.69) is 26.2 Å². The predicted molar refractivity (Wildman–Crippen MR) is 145 cm³/mol. The number of fused-ring (bicyclic) bond motifs is 1. The summed E-state index contributed by atoms with van der Waals surface area (Å²) < 4.78 is 35.4. The van der Waals surface area contributed by atoms with Crippen LogP contribution in [0.4, 0.5) is 0 Å². The highest BCUT2D eigenvalue weighted by molar-refractivity contribution is 6.76. The average molecular weight is 541 g/mol. The van der Waals surface area contributed by atoms with Gasteiger partial charge in [-0.15, -0.1) is 0 Å². The highest BCUT2D eigenvalue weighted by Crippen LogP contribution is 2.53. The Labute approximate surface area is 224 Å². The average Bonchev–Trinajstić information content (AvgIpc) is 3.10. The number of methoxy groups -OCH3 is 1. The monoisotopic (exact) mass is 540 g/mol. The van der Waals surface area contributed by atoms with Crippen molar-refractivity contribution >= 4 is 20.0 Å². The largest absolute Gasteiger partial charge is 0.459 e. The minimum atomic E-state index is -1.22. The van der Waals surface area contributed by atoms with Crippen LogP contribution < -0.4 is 0 Å². The molecule has 2 fully saturated rings. The summed E-state index contributed by atoms with van der Waals surface area (Å²) in [5.41, 5.74) is 0.528. The number of hydrogen-bond donors (Lipinski definition) is 0. The molecule has 212 valence electrons. The van der Waals surface area contributed by atoms with Crippen LogP contribution in [0.3, 0.4) is 0 Å². The van der Waals surface area contributed by atoms with E-state index >= 15 is 0 Å². The Morgan fingerprint density at radius 1 is 1.16 bits per heavy atom. The van der Waals surface area contributed by atoms with Gasteiger partial charge in [-0.05, 0) is 44.7 Å². The van der Waals surface area contributed by atoms with Crippen molar-refractivity contribution in [2.24, 2.45) is 17.8 Å². The Balaban J connectivity index is 2.34. The van der Waals surface area contributed by atoms with Crippen molar-refractivity contribution in [1.82, 2.24) is 0 Å². The van der Waals surface area contributed by atoms with Crippen LogP contribution in [-0.2, 0) is 38.0 Å². The first-order valence-corrected chi connectivity index (χ1v) is 17.0. The second-order valence-electron chi connectivity index (χ2n) is 11.9. The van der Waals surface area contributed by atoms with E-state index in [0.717, 1.165) is 6.04 Å². The summed E-state index contributed by atoms with van der Waals surface area (Å²) in [6.07, 6.45) is 1.39. The molecule has 8 nitrogen and oxygen atoms in total. The molecular weight excluding hydrogens is 492 g/mol. The molecular formula is C28H48O8Si. The van der Waals surface area contributed by atoms with Gasteiger partial charge < -0.3 is 28.4 Å². The molecule has 37 heavy (non-hydrogen) atoms. The van der Waals surface area contributed by atoms with E-state index in [9.17, 15) is 9.59 Å². The summed E-state index contributed by atoms with van der Waals surface area (Å²) in [6.45, 7) is 21.1. The molecule has 2 saturated carbocycles. The van der Waals surface area contributed by atoms with Gasteiger partial charge >= 0.3 is 11.9 Å². The molecule has 7 atom stereocenters. The van der Waals surface area contributed by atoms with Crippen molar-refractivity contribution in [3.63, 3.8) is 0 Å². The molecule has 0 bridgehead atoms. The minimum Gasteiger partial charge on any atom is -0.459 e. The quantitative estimate of drug-likeness (QED) is 0.0843. The van der Waals surface area contributed by atoms with Crippen molar-refractivity contribution in [2.45, 2.75) is 97.1 Å². The van der Waals surface area contributed by atoms with Crippen LogP contribution in [0.1, 0.15) is 47.5 Å². The molecule has 0 spiro atoms. The number of esters is 2. The smallest absolute Gasteiger partial charge is 0.333 e. The van der Waals surface area contributed by atoms with Crippen LogP contribution >= 0.6 is 0 Å². The van der Waals surface area contributed by atoms with Crippen molar-refractivity contribution in [3.8, 4) is 0 Å². The lowest BCUT2D eigenvalue weighted by molar-refractivity contribution is -0.175. The Bertz CT molecular complexity index is 835. The molecule has 9 heteroatoms. The lowest BCUT2D eigenvalue weighted by Gasteiger charge is -2.38. The van der Waals surface area contributed by atoms with Crippen LogP contribution in [-0.4, -0.2) is 71.2 Å². The van der Waals surface area contributed by atoms with Gasteiger partial charge in [-0.1, -0.05) is 39.2 Å². The fourth-order valence-corrected chi connectivity index (χ4v) is 6.15. The van der Waals surface area contributed by atoms with Crippen molar-refractivity contribution in [1.29, 1.82) is 0 Å².